The fourth-order valence-electron chi connectivity index (χ4n) is 3.61. The number of carbonyl (C=O) groups excluding carboxylic acids is 1. The van der Waals surface area contributed by atoms with Gasteiger partial charge in [-0.15, -0.1) is 0 Å². The molecule has 27 heavy (non-hydrogen) atoms. The maximum absolute atomic E-state index is 12.3. The topological polar surface area (TPSA) is 50.4 Å². The van der Waals surface area contributed by atoms with Gasteiger partial charge < -0.3 is 15.4 Å². The Bertz CT molecular complexity index is 801. The van der Waals surface area contributed by atoms with Gasteiger partial charge in [0.2, 0.25) is 0 Å². The van der Waals surface area contributed by atoms with Crippen LogP contribution in [0.4, 0.5) is 5.69 Å². The molecule has 0 radical (unpaired) electrons. The molecule has 2 aromatic rings. The van der Waals surface area contributed by atoms with Crippen LogP contribution in [-0.2, 0) is 6.42 Å². The highest BCUT2D eigenvalue weighted by atomic mass is 16.5. The van der Waals surface area contributed by atoms with Gasteiger partial charge in [-0.2, -0.15) is 0 Å². The molecule has 1 amide bonds. The van der Waals surface area contributed by atoms with Gasteiger partial charge in [0.1, 0.15) is 12.4 Å². The average molecular weight is 364 g/mol. The van der Waals surface area contributed by atoms with Crippen molar-refractivity contribution < 1.29 is 9.53 Å². The summed E-state index contributed by atoms with van der Waals surface area (Å²) < 4.78 is 5.99. The van der Waals surface area contributed by atoms with Crippen LogP contribution in [-0.4, -0.2) is 24.1 Å². The molecular weight excluding hydrogens is 336 g/mol. The van der Waals surface area contributed by atoms with Crippen molar-refractivity contribution in [3.05, 3.63) is 59.7 Å². The lowest BCUT2D eigenvalue weighted by atomic mass is 9.92. The summed E-state index contributed by atoms with van der Waals surface area (Å²) in [7, 11) is 0. The zero-order valence-electron chi connectivity index (χ0n) is 16.0. The number of anilines is 1. The van der Waals surface area contributed by atoms with Crippen LogP contribution in [0.2, 0.25) is 0 Å². The van der Waals surface area contributed by atoms with Crippen LogP contribution in [0.5, 0.6) is 5.75 Å². The van der Waals surface area contributed by atoms with E-state index in [1.54, 1.807) is 0 Å². The van der Waals surface area contributed by atoms with Crippen molar-refractivity contribution in [2.24, 2.45) is 0 Å². The quantitative estimate of drug-likeness (QED) is 0.709. The molecule has 1 heterocycles. The van der Waals surface area contributed by atoms with Crippen LogP contribution < -0.4 is 15.4 Å². The summed E-state index contributed by atoms with van der Waals surface area (Å²) >= 11 is 0. The molecule has 1 unspecified atom stereocenters. The van der Waals surface area contributed by atoms with Crippen molar-refractivity contribution in [1.82, 2.24) is 5.32 Å². The number of fused-ring (bicyclic) bond motifs is 1. The number of hydrogen-bond acceptors (Lipinski definition) is 3. The molecule has 1 aliphatic heterocycles. The number of hydrogen-bond donors (Lipinski definition) is 2. The lowest BCUT2D eigenvalue weighted by Gasteiger charge is -2.37. The maximum atomic E-state index is 12.3. The Morgan fingerprint density at radius 1 is 1.19 bits per heavy atom. The molecule has 1 saturated carbocycles. The number of benzene rings is 2. The molecule has 0 saturated heterocycles. The van der Waals surface area contributed by atoms with E-state index >= 15 is 0 Å². The van der Waals surface area contributed by atoms with Crippen LogP contribution in [0.25, 0.3) is 0 Å². The van der Waals surface area contributed by atoms with Crippen molar-refractivity contribution in [2.75, 3.05) is 11.9 Å². The normalized spacial score (nSPS) is 20.9. The van der Waals surface area contributed by atoms with Gasteiger partial charge in [0.15, 0.2) is 0 Å². The number of carbonyl (C=O) groups is 1. The Morgan fingerprint density at radius 2 is 2.00 bits per heavy atom. The van der Waals surface area contributed by atoms with E-state index in [0.29, 0.717) is 18.2 Å². The number of unbranched alkanes of at least 4 members (excludes halogenated alkanes) is 1. The van der Waals surface area contributed by atoms with Crippen LogP contribution in [0.3, 0.4) is 0 Å². The van der Waals surface area contributed by atoms with E-state index < -0.39 is 0 Å². The first-order valence-electron chi connectivity index (χ1n) is 10.0. The first-order valence-corrected chi connectivity index (χ1v) is 10.0. The van der Waals surface area contributed by atoms with Crippen LogP contribution in [0.1, 0.15) is 54.9 Å². The predicted molar refractivity (Wildman–Crippen MR) is 108 cm³/mol. The fourth-order valence-corrected chi connectivity index (χ4v) is 3.61. The van der Waals surface area contributed by atoms with E-state index in [2.05, 4.69) is 47.9 Å². The van der Waals surface area contributed by atoms with E-state index in [4.69, 9.17) is 4.74 Å². The molecule has 142 valence electrons. The van der Waals surface area contributed by atoms with Crippen LogP contribution in [0, 0.1) is 0 Å². The summed E-state index contributed by atoms with van der Waals surface area (Å²) in [6.07, 6.45) is 6.65. The summed E-state index contributed by atoms with van der Waals surface area (Å²) in [4.78, 5) is 12.3. The first kappa shape index (κ1) is 17.9. The Morgan fingerprint density at radius 3 is 2.78 bits per heavy atom. The SMILES string of the molecule is CC1(CCCCc2ccccc2)COc2ccc(C(=O)NC3CC3)cc2N1. The van der Waals surface area contributed by atoms with Gasteiger partial charge in [0.25, 0.3) is 5.91 Å². The Balaban J connectivity index is 1.33. The van der Waals surface area contributed by atoms with E-state index in [1.165, 1.54) is 5.56 Å². The molecule has 2 N–H and O–H groups in total. The van der Waals surface area contributed by atoms with Gasteiger partial charge in [-0.05, 0) is 62.8 Å². The predicted octanol–water partition coefficient (Wildman–Crippen LogP) is 4.55. The van der Waals surface area contributed by atoms with Crippen molar-refractivity contribution in [3.63, 3.8) is 0 Å². The second kappa shape index (κ2) is 7.63. The minimum atomic E-state index is -0.102. The minimum Gasteiger partial charge on any atom is -0.489 e. The smallest absolute Gasteiger partial charge is 0.251 e. The van der Waals surface area contributed by atoms with E-state index in [1.807, 2.05) is 18.2 Å². The number of aryl methyl sites for hydroxylation is 1. The third-order valence-corrected chi connectivity index (χ3v) is 5.42. The van der Waals surface area contributed by atoms with Crippen molar-refractivity contribution in [2.45, 2.75) is 57.0 Å². The summed E-state index contributed by atoms with van der Waals surface area (Å²) in [6, 6.07) is 16.7. The Labute approximate surface area is 161 Å². The highest BCUT2D eigenvalue weighted by molar-refractivity contribution is 5.96. The molecule has 0 aromatic heterocycles. The Kier molecular flexibility index (Phi) is 5.06. The van der Waals surface area contributed by atoms with Crippen molar-refractivity contribution >= 4 is 11.6 Å². The highest BCUT2D eigenvalue weighted by Crippen LogP contribution is 2.35. The third-order valence-electron chi connectivity index (χ3n) is 5.42. The fraction of sp³-hybridized carbons (Fsp3) is 0.435. The molecule has 4 heteroatoms. The summed E-state index contributed by atoms with van der Waals surface area (Å²) in [5, 5.41) is 6.68. The summed E-state index contributed by atoms with van der Waals surface area (Å²) in [5.74, 6) is 0.844. The number of rotatable bonds is 7. The zero-order valence-corrected chi connectivity index (χ0v) is 16.0. The standard InChI is InChI=1S/C23H28N2O2/c1-23(14-6-5-9-17-7-3-2-4-8-17)16-27-21-13-10-18(15-20(21)25-23)22(26)24-19-11-12-19/h2-4,7-8,10,13,15,19,25H,5-6,9,11-12,14,16H2,1H3,(H,24,26). The first-order chi connectivity index (χ1) is 13.1. The molecular formula is C23H28N2O2. The monoisotopic (exact) mass is 364 g/mol. The molecule has 0 bridgehead atoms. The second-order valence-corrected chi connectivity index (χ2v) is 8.13. The molecule has 0 spiro atoms. The van der Waals surface area contributed by atoms with Gasteiger partial charge in [0, 0.05) is 11.6 Å². The number of amides is 1. The molecule has 1 fully saturated rings. The summed E-state index contributed by atoms with van der Waals surface area (Å²) in [5.41, 5.74) is 2.92. The van der Waals surface area contributed by atoms with Gasteiger partial charge in [-0.1, -0.05) is 36.8 Å². The van der Waals surface area contributed by atoms with E-state index in [-0.39, 0.29) is 11.4 Å². The third kappa shape index (κ3) is 4.62. The Hall–Kier alpha value is -2.49. The summed E-state index contributed by atoms with van der Waals surface area (Å²) in [6.45, 7) is 2.86. The molecule has 1 aliphatic carbocycles. The lowest BCUT2D eigenvalue weighted by Crippen LogP contribution is -2.44. The average Bonchev–Trinajstić information content (AvgIpc) is 3.49. The molecule has 1 atom stereocenters. The van der Waals surface area contributed by atoms with Crippen LogP contribution >= 0.6 is 0 Å². The zero-order chi connectivity index (χ0) is 18.7. The molecule has 4 nitrogen and oxygen atoms in total. The van der Waals surface area contributed by atoms with Gasteiger partial charge in [-0.25, -0.2) is 0 Å². The van der Waals surface area contributed by atoms with E-state index in [9.17, 15) is 4.79 Å². The molecule has 2 aromatic carbocycles. The number of nitrogens with one attached hydrogen (secondary N) is 2. The van der Waals surface area contributed by atoms with E-state index in [0.717, 1.165) is 50.0 Å². The van der Waals surface area contributed by atoms with Crippen molar-refractivity contribution in [3.8, 4) is 5.75 Å². The van der Waals surface area contributed by atoms with Gasteiger partial charge in [-0.3, -0.25) is 4.79 Å². The van der Waals surface area contributed by atoms with Gasteiger partial charge >= 0.3 is 0 Å². The van der Waals surface area contributed by atoms with Crippen LogP contribution in [0.15, 0.2) is 48.5 Å². The highest BCUT2D eigenvalue weighted by Gasteiger charge is 2.31. The maximum Gasteiger partial charge on any atom is 0.251 e. The molecule has 4 rings (SSSR count). The van der Waals surface area contributed by atoms with Gasteiger partial charge in [0.05, 0.1) is 11.2 Å². The number of ether oxygens (including phenoxy) is 1. The lowest BCUT2D eigenvalue weighted by molar-refractivity contribution is 0.0951. The van der Waals surface area contributed by atoms with Crippen molar-refractivity contribution in [1.29, 1.82) is 0 Å². The molecule has 2 aliphatic rings. The second-order valence-electron chi connectivity index (χ2n) is 8.13. The minimum absolute atomic E-state index is 0.0113. The largest absolute Gasteiger partial charge is 0.489 e.